The molecule has 0 fully saturated rings. The first-order chi connectivity index (χ1) is 10.0. The molecule has 21 heavy (non-hydrogen) atoms. The van der Waals surface area contributed by atoms with Crippen molar-refractivity contribution in [2.45, 2.75) is 32.1 Å². The van der Waals surface area contributed by atoms with Crippen LogP contribution in [0.15, 0.2) is 34.9 Å². The van der Waals surface area contributed by atoms with Crippen LogP contribution in [0.4, 0.5) is 0 Å². The third kappa shape index (κ3) is 2.07. The van der Waals surface area contributed by atoms with Gasteiger partial charge in [-0.15, -0.1) is 0 Å². The Morgan fingerprint density at radius 3 is 2.86 bits per heavy atom. The van der Waals surface area contributed by atoms with Gasteiger partial charge in [0.2, 0.25) is 0 Å². The van der Waals surface area contributed by atoms with Gasteiger partial charge in [0.15, 0.2) is 5.78 Å². The molecule has 6 nitrogen and oxygen atoms in total. The number of hydrogen-bond donors (Lipinski definition) is 2. The predicted molar refractivity (Wildman–Crippen MR) is 75.3 cm³/mol. The van der Waals surface area contributed by atoms with E-state index in [1.807, 2.05) is 7.05 Å². The van der Waals surface area contributed by atoms with Gasteiger partial charge in [0.25, 0.3) is 0 Å². The highest BCUT2D eigenvalue weighted by Crippen LogP contribution is 2.41. The average molecular weight is 287 g/mol. The van der Waals surface area contributed by atoms with E-state index in [1.165, 1.54) is 0 Å². The molecule has 0 bridgehead atoms. The van der Waals surface area contributed by atoms with Gasteiger partial charge < -0.3 is 15.0 Å². The molecule has 0 radical (unpaired) electrons. The Morgan fingerprint density at radius 1 is 1.48 bits per heavy atom. The second-order valence-corrected chi connectivity index (χ2v) is 5.47. The van der Waals surface area contributed by atoms with Crippen LogP contribution in [-0.4, -0.2) is 26.4 Å². The number of carbonyl (C=O) groups is 2. The van der Waals surface area contributed by atoms with Gasteiger partial charge in [0, 0.05) is 42.8 Å². The summed E-state index contributed by atoms with van der Waals surface area (Å²) in [6.07, 6.45) is 5.42. The molecule has 1 aliphatic heterocycles. The molecule has 1 aromatic heterocycles. The van der Waals surface area contributed by atoms with Crippen molar-refractivity contribution in [2.24, 2.45) is 7.05 Å². The van der Waals surface area contributed by atoms with Crippen molar-refractivity contribution in [3.05, 3.63) is 40.8 Å². The summed E-state index contributed by atoms with van der Waals surface area (Å²) in [5.74, 6) is -0.997. The minimum absolute atomic E-state index is 0.0167. The van der Waals surface area contributed by atoms with Gasteiger partial charge in [-0.25, -0.2) is 9.78 Å². The summed E-state index contributed by atoms with van der Waals surface area (Å²) in [6.45, 7) is 1.74. The lowest BCUT2D eigenvalue weighted by Gasteiger charge is -2.32. The Hall–Kier alpha value is -2.37. The number of hydrogen-bond acceptors (Lipinski definition) is 4. The first-order valence-corrected chi connectivity index (χ1v) is 6.95. The van der Waals surface area contributed by atoms with Crippen LogP contribution in [0.25, 0.3) is 0 Å². The second kappa shape index (κ2) is 4.87. The molecule has 1 aromatic rings. The summed E-state index contributed by atoms with van der Waals surface area (Å²) in [7, 11) is 1.81. The fraction of sp³-hybridized carbons (Fsp3) is 0.400. The van der Waals surface area contributed by atoms with Crippen molar-refractivity contribution < 1.29 is 14.7 Å². The van der Waals surface area contributed by atoms with Crippen LogP contribution in [0.1, 0.15) is 37.9 Å². The molecule has 0 saturated heterocycles. The van der Waals surface area contributed by atoms with E-state index in [1.54, 1.807) is 23.9 Å². The SMILES string of the molecule is CC1=C(C(=O)O)C(c2nccn2C)C2=C(CCCC2=O)N1. The van der Waals surface area contributed by atoms with Crippen LogP contribution >= 0.6 is 0 Å². The van der Waals surface area contributed by atoms with Gasteiger partial charge in [-0.3, -0.25) is 4.79 Å². The van der Waals surface area contributed by atoms with E-state index in [-0.39, 0.29) is 11.4 Å². The standard InChI is InChI=1S/C15H17N3O3/c1-8-11(15(20)21)13(14-16-6-7-18(14)2)12-9(17-8)4-3-5-10(12)19/h6-7,13,17H,3-5H2,1-2H3,(H,20,21). The van der Waals surface area contributed by atoms with E-state index in [0.717, 1.165) is 18.5 Å². The number of carboxylic acids is 1. The Morgan fingerprint density at radius 2 is 2.24 bits per heavy atom. The summed E-state index contributed by atoms with van der Waals surface area (Å²) < 4.78 is 1.78. The highest BCUT2D eigenvalue weighted by molar-refractivity contribution is 6.03. The van der Waals surface area contributed by atoms with Crippen molar-refractivity contribution >= 4 is 11.8 Å². The largest absolute Gasteiger partial charge is 0.478 e. The van der Waals surface area contributed by atoms with Crippen LogP contribution < -0.4 is 5.32 Å². The van der Waals surface area contributed by atoms with Crippen LogP contribution in [0.2, 0.25) is 0 Å². The zero-order valence-electron chi connectivity index (χ0n) is 12.0. The number of nitrogens with one attached hydrogen (secondary N) is 1. The summed E-state index contributed by atoms with van der Waals surface area (Å²) in [6, 6.07) is 0. The van der Waals surface area contributed by atoms with Crippen molar-refractivity contribution in [2.75, 3.05) is 0 Å². The number of aromatic nitrogens is 2. The van der Waals surface area contributed by atoms with E-state index < -0.39 is 11.9 Å². The van der Waals surface area contributed by atoms with E-state index in [9.17, 15) is 14.7 Å². The molecule has 0 amide bonds. The van der Waals surface area contributed by atoms with Gasteiger partial charge >= 0.3 is 5.97 Å². The summed E-state index contributed by atoms with van der Waals surface area (Å²) in [5.41, 5.74) is 2.21. The van der Waals surface area contributed by atoms with E-state index in [4.69, 9.17) is 0 Å². The Kier molecular flexibility index (Phi) is 3.16. The number of nitrogens with zero attached hydrogens (tertiary/aromatic N) is 2. The highest BCUT2D eigenvalue weighted by Gasteiger charge is 2.40. The summed E-state index contributed by atoms with van der Waals surface area (Å²) in [4.78, 5) is 28.3. The molecule has 2 aliphatic rings. The number of aliphatic carboxylic acids is 1. The molecule has 2 N–H and O–H groups in total. The Bertz CT molecular complexity index is 697. The van der Waals surface area contributed by atoms with Crippen LogP contribution in [0.3, 0.4) is 0 Å². The van der Waals surface area contributed by atoms with Gasteiger partial charge in [-0.05, 0) is 19.8 Å². The molecule has 0 aromatic carbocycles. The molecule has 110 valence electrons. The van der Waals surface area contributed by atoms with E-state index in [0.29, 0.717) is 23.5 Å². The Balaban J connectivity index is 2.22. The smallest absolute Gasteiger partial charge is 0.334 e. The van der Waals surface area contributed by atoms with Crippen molar-refractivity contribution in [1.29, 1.82) is 0 Å². The Labute approximate surface area is 122 Å². The maximum Gasteiger partial charge on any atom is 0.334 e. The van der Waals surface area contributed by atoms with E-state index >= 15 is 0 Å². The third-order valence-corrected chi connectivity index (χ3v) is 4.12. The first-order valence-electron chi connectivity index (χ1n) is 6.95. The maximum atomic E-state index is 12.4. The van der Waals surface area contributed by atoms with E-state index in [2.05, 4.69) is 10.3 Å². The first kappa shape index (κ1) is 13.6. The van der Waals surface area contributed by atoms with Gasteiger partial charge in [0.1, 0.15) is 5.82 Å². The number of ketones is 1. The average Bonchev–Trinajstić information content (AvgIpc) is 2.83. The highest BCUT2D eigenvalue weighted by atomic mass is 16.4. The molecular weight excluding hydrogens is 270 g/mol. The van der Waals surface area contributed by atoms with Crippen molar-refractivity contribution in [3.63, 3.8) is 0 Å². The molecule has 1 aliphatic carbocycles. The molecule has 6 heteroatoms. The number of carbonyl (C=O) groups excluding carboxylic acids is 1. The van der Waals surface area contributed by atoms with Gasteiger partial charge in [0.05, 0.1) is 11.5 Å². The second-order valence-electron chi connectivity index (χ2n) is 5.47. The lowest BCUT2D eigenvalue weighted by atomic mass is 9.78. The fourth-order valence-corrected chi connectivity index (χ4v) is 3.18. The van der Waals surface area contributed by atoms with Crippen molar-refractivity contribution in [3.8, 4) is 0 Å². The number of Topliss-reactive ketones (excluding diaryl/α,β-unsaturated/α-hetero) is 1. The zero-order chi connectivity index (χ0) is 15.1. The minimum Gasteiger partial charge on any atom is -0.478 e. The zero-order valence-corrected chi connectivity index (χ0v) is 12.0. The number of allylic oxidation sites excluding steroid dienone is 3. The maximum absolute atomic E-state index is 12.4. The van der Waals surface area contributed by atoms with Gasteiger partial charge in [-0.1, -0.05) is 0 Å². The number of aryl methyl sites for hydroxylation is 1. The third-order valence-electron chi connectivity index (χ3n) is 4.12. The van der Waals surface area contributed by atoms with Crippen molar-refractivity contribution in [1.82, 2.24) is 14.9 Å². The lowest BCUT2D eigenvalue weighted by Crippen LogP contribution is -2.34. The number of dihydropyridines is 1. The molecular formula is C15H17N3O3. The summed E-state index contributed by atoms with van der Waals surface area (Å²) >= 11 is 0. The van der Waals surface area contributed by atoms with Crippen LogP contribution in [0, 0.1) is 0 Å². The van der Waals surface area contributed by atoms with Crippen LogP contribution in [0.5, 0.6) is 0 Å². The number of carboxylic acid groups (broad SMARTS) is 1. The summed E-state index contributed by atoms with van der Waals surface area (Å²) in [5, 5.41) is 12.7. The number of imidazole rings is 1. The normalized spacial score (nSPS) is 22.2. The molecule has 0 spiro atoms. The molecule has 1 unspecified atom stereocenters. The van der Waals surface area contributed by atoms with Crippen LogP contribution in [-0.2, 0) is 16.6 Å². The lowest BCUT2D eigenvalue weighted by molar-refractivity contribution is -0.133. The monoisotopic (exact) mass is 287 g/mol. The topological polar surface area (TPSA) is 84.2 Å². The molecule has 0 saturated carbocycles. The fourth-order valence-electron chi connectivity index (χ4n) is 3.18. The van der Waals surface area contributed by atoms with Gasteiger partial charge in [-0.2, -0.15) is 0 Å². The molecule has 1 atom stereocenters. The quantitative estimate of drug-likeness (QED) is 0.860. The molecule has 3 rings (SSSR count). The molecule has 2 heterocycles. The number of rotatable bonds is 2. The minimum atomic E-state index is -1.02. The predicted octanol–water partition coefficient (Wildman–Crippen LogP) is 1.47.